The second-order valence-corrected chi connectivity index (χ2v) is 9.00. The molecule has 0 bridgehead atoms. The second kappa shape index (κ2) is 8.52. The number of hydrogen-bond acceptors (Lipinski definition) is 6. The van der Waals surface area contributed by atoms with Crippen LogP contribution in [0.3, 0.4) is 0 Å². The standard InChI is InChI=1S/C23H27N5OS/c1-14-9-21(30-13-14)20-11-22(25-19-7-8-24-15(2)10-19)27-23(26-20)18-6-5-16(3)28(12-18)17(4)29/h7-11,13,16,18H,5-6,12H2,1-4H3,(H,24,25,26,27)/t16-,18+/m0/s1. The molecule has 1 aliphatic rings. The summed E-state index contributed by atoms with van der Waals surface area (Å²) in [4.78, 5) is 29.2. The van der Waals surface area contributed by atoms with Crippen molar-refractivity contribution in [2.45, 2.75) is 52.5 Å². The van der Waals surface area contributed by atoms with Crippen LogP contribution in [-0.4, -0.2) is 38.3 Å². The van der Waals surface area contributed by atoms with Crippen LogP contribution >= 0.6 is 11.3 Å². The van der Waals surface area contributed by atoms with E-state index < -0.39 is 0 Å². The highest BCUT2D eigenvalue weighted by atomic mass is 32.1. The molecule has 1 fully saturated rings. The van der Waals surface area contributed by atoms with E-state index in [0.717, 1.165) is 46.4 Å². The van der Waals surface area contributed by atoms with Crippen molar-refractivity contribution in [1.82, 2.24) is 19.9 Å². The molecule has 3 aromatic heterocycles. The van der Waals surface area contributed by atoms with Gasteiger partial charge in [-0.2, -0.15) is 0 Å². The fraction of sp³-hybridized carbons (Fsp3) is 0.391. The highest BCUT2D eigenvalue weighted by Gasteiger charge is 2.30. The Morgan fingerprint density at radius 1 is 1.20 bits per heavy atom. The monoisotopic (exact) mass is 421 g/mol. The summed E-state index contributed by atoms with van der Waals surface area (Å²) in [6, 6.07) is 8.35. The Labute approximate surface area is 181 Å². The van der Waals surface area contributed by atoms with Crippen molar-refractivity contribution in [3.63, 3.8) is 0 Å². The fourth-order valence-corrected chi connectivity index (χ4v) is 4.79. The number of hydrogen-bond donors (Lipinski definition) is 1. The molecule has 7 heteroatoms. The number of carbonyl (C=O) groups excluding carboxylic acids is 1. The van der Waals surface area contributed by atoms with Crippen LogP contribution in [0.5, 0.6) is 0 Å². The predicted octanol–water partition coefficient (Wildman–Crippen LogP) is 5.07. The van der Waals surface area contributed by atoms with Gasteiger partial charge in [0, 0.05) is 49.1 Å². The maximum absolute atomic E-state index is 12.1. The summed E-state index contributed by atoms with van der Waals surface area (Å²) in [5.41, 5.74) is 4.04. The molecule has 1 N–H and O–H groups in total. The van der Waals surface area contributed by atoms with Crippen molar-refractivity contribution < 1.29 is 4.79 Å². The zero-order valence-electron chi connectivity index (χ0n) is 17.8. The smallest absolute Gasteiger partial charge is 0.219 e. The first-order valence-electron chi connectivity index (χ1n) is 10.3. The van der Waals surface area contributed by atoms with Crippen LogP contribution in [0.1, 0.15) is 49.7 Å². The topological polar surface area (TPSA) is 71.0 Å². The van der Waals surface area contributed by atoms with Gasteiger partial charge in [-0.1, -0.05) is 0 Å². The summed E-state index contributed by atoms with van der Waals surface area (Å²) in [5, 5.41) is 5.55. The van der Waals surface area contributed by atoms with Crippen LogP contribution in [0.25, 0.3) is 10.6 Å². The molecule has 0 aliphatic carbocycles. The third kappa shape index (κ3) is 4.51. The van der Waals surface area contributed by atoms with E-state index in [1.807, 2.05) is 30.0 Å². The Hall–Kier alpha value is -2.80. The van der Waals surface area contributed by atoms with Crippen molar-refractivity contribution in [3.8, 4) is 10.6 Å². The van der Waals surface area contributed by atoms with Crippen LogP contribution in [0, 0.1) is 13.8 Å². The number of aromatic nitrogens is 3. The molecule has 0 radical (unpaired) electrons. The number of rotatable bonds is 4. The van der Waals surface area contributed by atoms with Crippen molar-refractivity contribution in [2.75, 3.05) is 11.9 Å². The summed E-state index contributed by atoms with van der Waals surface area (Å²) in [6.07, 6.45) is 3.73. The fourth-order valence-electron chi connectivity index (χ4n) is 3.93. The molecule has 1 aliphatic heterocycles. The van der Waals surface area contributed by atoms with Crippen molar-refractivity contribution in [2.24, 2.45) is 0 Å². The summed E-state index contributed by atoms with van der Waals surface area (Å²) in [5.74, 6) is 1.80. The third-order valence-electron chi connectivity index (χ3n) is 5.55. The molecule has 1 saturated heterocycles. The summed E-state index contributed by atoms with van der Waals surface area (Å²) < 4.78 is 0. The second-order valence-electron chi connectivity index (χ2n) is 8.09. The Balaban J connectivity index is 1.71. The van der Waals surface area contributed by atoms with Gasteiger partial charge >= 0.3 is 0 Å². The highest BCUT2D eigenvalue weighted by Crippen LogP contribution is 2.33. The summed E-state index contributed by atoms with van der Waals surface area (Å²) in [6.45, 7) is 8.48. The minimum Gasteiger partial charge on any atom is -0.340 e. The molecule has 30 heavy (non-hydrogen) atoms. The molecule has 156 valence electrons. The average Bonchev–Trinajstić information content (AvgIpc) is 3.14. The Bertz CT molecular complexity index is 1060. The minimum absolute atomic E-state index is 0.114. The van der Waals surface area contributed by atoms with Crippen LogP contribution in [0.2, 0.25) is 0 Å². The first-order valence-corrected chi connectivity index (χ1v) is 11.2. The van der Waals surface area contributed by atoms with Crippen LogP contribution < -0.4 is 5.32 Å². The molecule has 1 amide bonds. The molecule has 6 nitrogen and oxygen atoms in total. The first-order chi connectivity index (χ1) is 14.4. The normalized spacial score (nSPS) is 19.0. The number of likely N-dealkylation sites (tertiary alicyclic amines) is 1. The van der Waals surface area contributed by atoms with E-state index in [-0.39, 0.29) is 17.9 Å². The Morgan fingerprint density at radius 3 is 2.73 bits per heavy atom. The number of pyridine rings is 1. The highest BCUT2D eigenvalue weighted by molar-refractivity contribution is 7.13. The van der Waals surface area contributed by atoms with Gasteiger partial charge in [-0.05, 0) is 62.8 Å². The molecule has 4 heterocycles. The van der Waals surface area contributed by atoms with Gasteiger partial charge in [-0.25, -0.2) is 9.97 Å². The molecule has 0 spiro atoms. The van der Waals surface area contributed by atoms with Gasteiger partial charge in [0.15, 0.2) is 0 Å². The maximum atomic E-state index is 12.1. The van der Waals surface area contributed by atoms with Crippen molar-refractivity contribution in [3.05, 3.63) is 52.9 Å². The lowest BCUT2D eigenvalue weighted by molar-refractivity contribution is -0.132. The van der Waals surface area contributed by atoms with Crippen molar-refractivity contribution >= 4 is 28.7 Å². The van der Waals surface area contributed by atoms with E-state index in [0.29, 0.717) is 6.54 Å². The SMILES string of the molecule is CC(=O)N1C[C@H](c2nc(Nc3ccnc(C)c3)cc(-c3cc(C)cs3)n2)CC[C@@H]1C. The number of carbonyl (C=O) groups is 1. The number of anilines is 2. The lowest BCUT2D eigenvalue weighted by atomic mass is 9.92. The molecule has 0 saturated carbocycles. The van der Waals surface area contributed by atoms with Gasteiger partial charge in [-0.3, -0.25) is 9.78 Å². The quantitative estimate of drug-likeness (QED) is 0.636. The van der Waals surface area contributed by atoms with Gasteiger partial charge in [0.05, 0.1) is 10.6 Å². The lowest BCUT2D eigenvalue weighted by Gasteiger charge is -2.37. The third-order valence-corrected chi connectivity index (χ3v) is 6.62. The summed E-state index contributed by atoms with van der Waals surface area (Å²) >= 11 is 1.69. The van der Waals surface area contributed by atoms with E-state index in [4.69, 9.17) is 9.97 Å². The van der Waals surface area contributed by atoms with Gasteiger partial charge < -0.3 is 10.2 Å². The van der Waals surface area contributed by atoms with Crippen LogP contribution in [0.15, 0.2) is 35.8 Å². The van der Waals surface area contributed by atoms with Gasteiger partial charge in [0.2, 0.25) is 5.91 Å². The zero-order valence-corrected chi connectivity index (χ0v) is 18.7. The number of thiophene rings is 1. The first kappa shape index (κ1) is 20.5. The Morgan fingerprint density at radius 2 is 2.03 bits per heavy atom. The number of aryl methyl sites for hydroxylation is 2. The molecular formula is C23H27N5OS. The molecule has 4 rings (SSSR count). The molecular weight excluding hydrogens is 394 g/mol. The van der Waals surface area contributed by atoms with Gasteiger partial charge in [0.25, 0.3) is 0 Å². The largest absolute Gasteiger partial charge is 0.340 e. The van der Waals surface area contributed by atoms with Gasteiger partial charge in [-0.15, -0.1) is 11.3 Å². The zero-order chi connectivity index (χ0) is 21.3. The average molecular weight is 422 g/mol. The lowest BCUT2D eigenvalue weighted by Crippen LogP contribution is -2.44. The van der Waals surface area contributed by atoms with E-state index in [9.17, 15) is 4.79 Å². The molecule has 3 aromatic rings. The van der Waals surface area contributed by atoms with E-state index in [2.05, 4.69) is 35.6 Å². The number of nitrogens with one attached hydrogen (secondary N) is 1. The minimum atomic E-state index is 0.114. The van der Waals surface area contributed by atoms with E-state index in [1.165, 1.54) is 5.56 Å². The Kier molecular flexibility index (Phi) is 5.81. The maximum Gasteiger partial charge on any atom is 0.219 e. The predicted molar refractivity (Wildman–Crippen MR) is 121 cm³/mol. The van der Waals surface area contributed by atoms with Gasteiger partial charge in [0.1, 0.15) is 11.6 Å². The molecule has 0 aromatic carbocycles. The van der Waals surface area contributed by atoms with Crippen molar-refractivity contribution in [1.29, 1.82) is 0 Å². The number of amides is 1. The molecule has 0 unspecified atom stereocenters. The van der Waals surface area contributed by atoms with E-state index in [1.54, 1.807) is 24.5 Å². The summed E-state index contributed by atoms with van der Waals surface area (Å²) in [7, 11) is 0. The number of nitrogens with zero attached hydrogens (tertiary/aromatic N) is 4. The molecule has 2 atom stereocenters. The van der Waals surface area contributed by atoms with E-state index >= 15 is 0 Å². The van der Waals surface area contributed by atoms with Crippen LogP contribution in [-0.2, 0) is 4.79 Å². The number of piperidine rings is 1. The van der Waals surface area contributed by atoms with Crippen LogP contribution in [0.4, 0.5) is 11.5 Å².